The molecule has 27 heavy (non-hydrogen) atoms. The van der Waals surface area contributed by atoms with E-state index in [1.807, 2.05) is 18.2 Å². The molecule has 0 unspecified atom stereocenters. The van der Waals surface area contributed by atoms with E-state index in [1.54, 1.807) is 12.3 Å². The van der Waals surface area contributed by atoms with Crippen LogP contribution in [0, 0.1) is 17.7 Å². The van der Waals surface area contributed by atoms with Crippen molar-refractivity contribution in [1.29, 1.82) is 0 Å². The summed E-state index contributed by atoms with van der Waals surface area (Å²) in [4.78, 5) is 15.7. The largest absolute Gasteiger partial charge is 0.354 e. The third-order valence-electron chi connectivity index (χ3n) is 5.10. The van der Waals surface area contributed by atoms with E-state index in [0.29, 0.717) is 29.9 Å². The van der Waals surface area contributed by atoms with Gasteiger partial charge in [-0.2, -0.15) is 0 Å². The first kappa shape index (κ1) is 17.8. The zero-order chi connectivity index (χ0) is 19.0. The highest BCUT2D eigenvalue weighted by molar-refractivity contribution is 5.80. The minimum Gasteiger partial charge on any atom is -0.354 e. The van der Waals surface area contributed by atoms with Gasteiger partial charge >= 0.3 is 0 Å². The lowest BCUT2D eigenvalue weighted by Gasteiger charge is -2.36. The molecule has 3 aromatic rings. The molecule has 0 amide bonds. The van der Waals surface area contributed by atoms with Crippen LogP contribution in [-0.2, 0) is 6.54 Å². The number of piperidine rings is 1. The summed E-state index contributed by atoms with van der Waals surface area (Å²) in [5.74, 6) is 1.19. The van der Waals surface area contributed by atoms with Crippen molar-refractivity contribution in [3.05, 3.63) is 48.0 Å². The first-order valence-corrected chi connectivity index (χ1v) is 9.41. The van der Waals surface area contributed by atoms with Gasteiger partial charge in [0.15, 0.2) is 11.6 Å². The maximum atomic E-state index is 14.5. The van der Waals surface area contributed by atoms with Crippen LogP contribution in [0.1, 0.15) is 26.0 Å². The summed E-state index contributed by atoms with van der Waals surface area (Å²) in [6.45, 7) is 6.44. The smallest absolute Gasteiger partial charge is 0.165 e. The zero-order valence-electron chi connectivity index (χ0n) is 15.7. The minimum atomic E-state index is -0.282. The molecule has 1 aliphatic rings. The molecular formula is C21H24FN5. The van der Waals surface area contributed by atoms with Gasteiger partial charge in [-0.15, -0.1) is 0 Å². The molecule has 1 fully saturated rings. The van der Waals surface area contributed by atoms with Gasteiger partial charge in [-0.05, 0) is 48.6 Å². The summed E-state index contributed by atoms with van der Waals surface area (Å²) >= 11 is 0. The van der Waals surface area contributed by atoms with Crippen LogP contribution >= 0.6 is 0 Å². The first-order chi connectivity index (χ1) is 13.0. The molecular weight excluding hydrogens is 341 g/mol. The Morgan fingerprint density at radius 2 is 1.78 bits per heavy atom. The summed E-state index contributed by atoms with van der Waals surface area (Å²) in [5, 5.41) is 0.942. The van der Waals surface area contributed by atoms with Crippen LogP contribution in [0.2, 0.25) is 0 Å². The maximum Gasteiger partial charge on any atom is 0.165 e. The van der Waals surface area contributed by atoms with E-state index in [0.717, 1.165) is 35.4 Å². The summed E-state index contributed by atoms with van der Waals surface area (Å²) in [5.41, 5.74) is 8.68. The molecule has 0 bridgehead atoms. The predicted molar refractivity (Wildman–Crippen MR) is 106 cm³/mol. The van der Waals surface area contributed by atoms with Crippen LogP contribution in [0.25, 0.3) is 22.3 Å². The number of rotatable bonds is 3. The highest BCUT2D eigenvalue weighted by atomic mass is 19.1. The molecule has 1 aliphatic heterocycles. The minimum absolute atomic E-state index is 0.282. The standard InChI is InChI=1S/C21H24FN5/c1-13-7-14(2)12-27(11-13)21-17(22)4-6-19(26-21)18-5-3-15-10-24-16(9-23)8-20(15)25-18/h3-6,8,10,13-14H,7,9,11-12,23H2,1-2H3/t13-,14+. The molecule has 2 N–H and O–H groups in total. The first-order valence-electron chi connectivity index (χ1n) is 9.41. The lowest BCUT2D eigenvalue weighted by atomic mass is 9.92. The van der Waals surface area contributed by atoms with Crippen LogP contribution < -0.4 is 10.6 Å². The van der Waals surface area contributed by atoms with Crippen molar-refractivity contribution in [3.63, 3.8) is 0 Å². The number of pyridine rings is 3. The SMILES string of the molecule is C[C@@H]1C[C@H](C)CN(c2nc(-c3ccc4cnc(CN)cc4n3)ccc2F)C1. The Kier molecular flexibility index (Phi) is 4.74. The van der Waals surface area contributed by atoms with Crippen molar-refractivity contribution in [1.82, 2.24) is 15.0 Å². The fraction of sp³-hybridized carbons (Fsp3) is 0.381. The van der Waals surface area contributed by atoms with Gasteiger partial charge in [-0.1, -0.05) is 13.8 Å². The lowest BCUT2D eigenvalue weighted by molar-refractivity contribution is 0.353. The molecule has 6 heteroatoms. The molecule has 1 saturated heterocycles. The normalized spacial score (nSPS) is 20.2. The molecule has 0 radical (unpaired) electrons. The number of aromatic nitrogens is 3. The Morgan fingerprint density at radius 3 is 2.52 bits per heavy atom. The van der Waals surface area contributed by atoms with Gasteiger partial charge in [0, 0.05) is 31.2 Å². The quantitative estimate of drug-likeness (QED) is 0.765. The Hall–Kier alpha value is -2.60. The van der Waals surface area contributed by atoms with Crippen molar-refractivity contribution >= 4 is 16.7 Å². The molecule has 0 aliphatic carbocycles. The van der Waals surface area contributed by atoms with Gasteiger partial charge in [0.05, 0.1) is 22.6 Å². The molecule has 0 saturated carbocycles. The van der Waals surface area contributed by atoms with E-state index in [-0.39, 0.29) is 5.82 Å². The third-order valence-corrected chi connectivity index (χ3v) is 5.10. The van der Waals surface area contributed by atoms with Crippen molar-refractivity contribution in [2.45, 2.75) is 26.8 Å². The summed E-state index contributed by atoms with van der Waals surface area (Å²) in [6, 6.07) is 8.93. The fourth-order valence-electron chi connectivity index (χ4n) is 3.94. The molecule has 2 atom stereocenters. The maximum absolute atomic E-state index is 14.5. The van der Waals surface area contributed by atoms with Gasteiger partial charge in [0.1, 0.15) is 0 Å². The van der Waals surface area contributed by atoms with Crippen molar-refractivity contribution in [2.24, 2.45) is 17.6 Å². The second-order valence-corrected chi connectivity index (χ2v) is 7.62. The number of nitrogens with two attached hydrogens (primary N) is 1. The molecule has 0 spiro atoms. The summed E-state index contributed by atoms with van der Waals surface area (Å²) in [7, 11) is 0. The topological polar surface area (TPSA) is 67.9 Å². The van der Waals surface area contributed by atoms with Crippen LogP contribution in [0.15, 0.2) is 36.5 Å². The van der Waals surface area contributed by atoms with Crippen LogP contribution in [0.3, 0.4) is 0 Å². The van der Waals surface area contributed by atoms with Gasteiger partial charge < -0.3 is 10.6 Å². The van der Waals surface area contributed by atoms with Gasteiger partial charge in [-0.3, -0.25) is 4.98 Å². The highest BCUT2D eigenvalue weighted by Gasteiger charge is 2.25. The Bertz CT molecular complexity index is 964. The molecule has 4 heterocycles. The van der Waals surface area contributed by atoms with E-state index in [2.05, 4.69) is 28.7 Å². The molecule has 0 aromatic carbocycles. The second kappa shape index (κ2) is 7.19. The second-order valence-electron chi connectivity index (χ2n) is 7.62. The molecule has 4 rings (SSSR count). The van der Waals surface area contributed by atoms with E-state index >= 15 is 0 Å². The van der Waals surface area contributed by atoms with E-state index < -0.39 is 0 Å². The number of halogens is 1. The highest BCUT2D eigenvalue weighted by Crippen LogP contribution is 2.29. The van der Waals surface area contributed by atoms with E-state index in [1.165, 1.54) is 12.5 Å². The Labute approximate surface area is 158 Å². The fourth-order valence-corrected chi connectivity index (χ4v) is 3.94. The average Bonchev–Trinajstić information content (AvgIpc) is 2.66. The zero-order valence-corrected chi connectivity index (χ0v) is 15.7. The van der Waals surface area contributed by atoms with Crippen LogP contribution in [0.4, 0.5) is 10.2 Å². The molecule has 140 valence electrons. The Morgan fingerprint density at radius 1 is 1.07 bits per heavy atom. The monoisotopic (exact) mass is 365 g/mol. The van der Waals surface area contributed by atoms with Crippen molar-refractivity contribution in [2.75, 3.05) is 18.0 Å². The number of anilines is 1. The summed E-state index contributed by atoms with van der Waals surface area (Å²) < 4.78 is 14.5. The molecule has 3 aromatic heterocycles. The summed E-state index contributed by atoms with van der Waals surface area (Å²) in [6.07, 6.45) is 2.94. The van der Waals surface area contributed by atoms with Crippen LogP contribution in [0.5, 0.6) is 0 Å². The van der Waals surface area contributed by atoms with Gasteiger partial charge in [-0.25, -0.2) is 14.4 Å². The third kappa shape index (κ3) is 3.62. The lowest BCUT2D eigenvalue weighted by Crippen LogP contribution is -2.39. The van der Waals surface area contributed by atoms with Crippen LogP contribution in [-0.4, -0.2) is 28.0 Å². The van der Waals surface area contributed by atoms with Crippen molar-refractivity contribution < 1.29 is 4.39 Å². The van der Waals surface area contributed by atoms with E-state index in [4.69, 9.17) is 10.7 Å². The number of hydrogen-bond donors (Lipinski definition) is 1. The number of fused-ring (bicyclic) bond motifs is 1. The number of nitrogens with zero attached hydrogens (tertiary/aromatic N) is 4. The Balaban J connectivity index is 1.73. The predicted octanol–water partition coefficient (Wildman–Crippen LogP) is 3.77. The average molecular weight is 365 g/mol. The van der Waals surface area contributed by atoms with Gasteiger partial charge in [0.25, 0.3) is 0 Å². The van der Waals surface area contributed by atoms with Gasteiger partial charge in [0.2, 0.25) is 0 Å². The van der Waals surface area contributed by atoms with Crippen molar-refractivity contribution in [3.8, 4) is 11.4 Å². The van der Waals surface area contributed by atoms with E-state index in [9.17, 15) is 4.39 Å². The number of hydrogen-bond acceptors (Lipinski definition) is 5. The molecule has 5 nitrogen and oxygen atoms in total.